The van der Waals surface area contributed by atoms with Crippen molar-refractivity contribution < 1.29 is 18.3 Å². The van der Waals surface area contributed by atoms with Crippen LogP contribution < -0.4 is 5.32 Å². The summed E-state index contributed by atoms with van der Waals surface area (Å²) >= 11 is 0. The van der Waals surface area contributed by atoms with E-state index in [9.17, 15) is 18.3 Å². The van der Waals surface area contributed by atoms with Crippen molar-refractivity contribution in [3.8, 4) is 0 Å². The van der Waals surface area contributed by atoms with Crippen molar-refractivity contribution in [3.63, 3.8) is 0 Å². The Bertz CT molecular complexity index is 626. The molecule has 1 aromatic heterocycles. The van der Waals surface area contributed by atoms with Gasteiger partial charge in [0.05, 0.1) is 5.75 Å². The van der Waals surface area contributed by atoms with Crippen LogP contribution in [-0.2, 0) is 22.7 Å². The number of rotatable bonds is 6. The molecule has 0 aliphatic heterocycles. The zero-order valence-electron chi connectivity index (χ0n) is 11.3. The van der Waals surface area contributed by atoms with Crippen LogP contribution in [0.5, 0.6) is 0 Å². The molecule has 0 fully saturated rings. The molecule has 0 radical (unpaired) electrons. The van der Waals surface area contributed by atoms with Gasteiger partial charge >= 0.3 is 5.97 Å². The van der Waals surface area contributed by atoms with Crippen molar-refractivity contribution in [1.29, 1.82) is 0 Å². The highest BCUT2D eigenvalue weighted by Gasteiger charge is 2.19. The quantitative estimate of drug-likeness (QED) is 0.764. The molecule has 0 unspecified atom stereocenters. The van der Waals surface area contributed by atoms with Gasteiger partial charge in [-0.2, -0.15) is 0 Å². The zero-order chi connectivity index (χ0) is 14.8. The van der Waals surface area contributed by atoms with Gasteiger partial charge < -0.3 is 10.4 Å². The minimum atomic E-state index is -2.99. The van der Waals surface area contributed by atoms with E-state index < -0.39 is 15.8 Å². The molecule has 20 heavy (non-hydrogen) atoms. The lowest BCUT2D eigenvalue weighted by Gasteiger charge is -2.10. The average molecular weight is 298 g/mol. The molecule has 110 valence electrons. The standard InChI is InChI=1S/C13H18N2O4S/c1-20(18,19)7-3-6-14-12-10(13(16)17)8-9-4-2-5-11(9)15-12/h8H,2-7H2,1H3,(H,14,15)(H,16,17). The number of carboxylic acids is 1. The Hall–Kier alpha value is -1.63. The lowest BCUT2D eigenvalue weighted by molar-refractivity contribution is 0.0697. The van der Waals surface area contributed by atoms with Crippen LogP contribution in [0.3, 0.4) is 0 Å². The number of sulfone groups is 1. The number of aryl methyl sites for hydroxylation is 2. The molecule has 1 aliphatic carbocycles. The normalized spacial score (nSPS) is 14.1. The van der Waals surface area contributed by atoms with Gasteiger partial charge in [-0.15, -0.1) is 0 Å². The number of nitrogens with one attached hydrogen (secondary N) is 1. The highest BCUT2D eigenvalue weighted by molar-refractivity contribution is 7.90. The van der Waals surface area contributed by atoms with E-state index >= 15 is 0 Å². The number of nitrogens with zero attached hydrogens (tertiary/aromatic N) is 1. The summed E-state index contributed by atoms with van der Waals surface area (Å²) < 4.78 is 22.1. The van der Waals surface area contributed by atoms with Crippen LogP contribution in [0.15, 0.2) is 6.07 Å². The van der Waals surface area contributed by atoms with Crippen LogP contribution in [0.2, 0.25) is 0 Å². The first kappa shape index (κ1) is 14.8. The second-order valence-corrected chi connectivity index (χ2v) is 7.32. The predicted octanol–water partition coefficient (Wildman–Crippen LogP) is 1.12. The molecule has 0 spiro atoms. The molecule has 0 atom stereocenters. The van der Waals surface area contributed by atoms with Crippen LogP contribution in [-0.4, -0.2) is 43.0 Å². The first-order valence-electron chi connectivity index (χ1n) is 6.54. The summed E-state index contributed by atoms with van der Waals surface area (Å²) in [5.74, 6) is -0.600. The van der Waals surface area contributed by atoms with Crippen LogP contribution in [0.25, 0.3) is 0 Å². The molecule has 2 N–H and O–H groups in total. The molecule has 0 saturated carbocycles. The van der Waals surface area contributed by atoms with Gasteiger partial charge in [-0.3, -0.25) is 0 Å². The molecule has 6 nitrogen and oxygen atoms in total. The number of hydrogen-bond donors (Lipinski definition) is 2. The number of aromatic carboxylic acids is 1. The monoisotopic (exact) mass is 298 g/mol. The van der Waals surface area contributed by atoms with Gasteiger partial charge in [0.1, 0.15) is 21.2 Å². The molecule has 0 aromatic carbocycles. The summed E-state index contributed by atoms with van der Waals surface area (Å²) in [6.45, 7) is 0.388. The van der Waals surface area contributed by atoms with Gasteiger partial charge in [0.15, 0.2) is 0 Å². The van der Waals surface area contributed by atoms with Gasteiger partial charge in [-0.1, -0.05) is 0 Å². The summed E-state index contributed by atoms with van der Waals surface area (Å²) in [5.41, 5.74) is 2.11. The predicted molar refractivity (Wildman–Crippen MR) is 76.0 cm³/mol. The van der Waals surface area contributed by atoms with E-state index in [-0.39, 0.29) is 11.3 Å². The molecule has 7 heteroatoms. The van der Waals surface area contributed by atoms with Gasteiger partial charge in [0.2, 0.25) is 0 Å². The Morgan fingerprint density at radius 1 is 1.45 bits per heavy atom. The lowest BCUT2D eigenvalue weighted by Crippen LogP contribution is -2.14. The average Bonchev–Trinajstić information content (AvgIpc) is 2.79. The van der Waals surface area contributed by atoms with Crippen molar-refractivity contribution in [2.45, 2.75) is 25.7 Å². The fourth-order valence-electron chi connectivity index (χ4n) is 2.31. The number of carbonyl (C=O) groups is 1. The lowest BCUT2D eigenvalue weighted by atomic mass is 10.1. The van der Waals surface area contributed by atoms with Crippen molar-refractivity contribution in [3.05, 3.63) is 22.9 Å². The maximum atomic E-state index is 11.2. The van der Waals surface area contributed by atoms with Gasteiger partial charge in [0.25, 0.3) is 0 Å². The maximum Gasteiger partial charge on any atom is 0.339 e. The number of carboxylic acid groups (broad SMARTS) is 1. The number of aromatic nitrogens is 1. The van der Waals surface area contributed by atoms with E-state index in [1.165, 1.54) is 6.26 Å². The molecule has 2 rings (SSSR count). The van der Waals surface area contributed by atoms with Gasteiger partial charge in [0, 0.05) is 18.5 Å². The summed E-state index contributed by atoms with van der Waals surface area (Å²) in [7, 11) is -2.99. The van der Waals surface area contributed by atoms with E-state index in [2.05, 4.69) is 10.3 Å². The van der Waals surface area contributed by atoms with Gasteiger partial charge in [-0.05, 0) is 37.3 Å². The zero-order valence-corrected chi connectivity index (χ0v) is 12.2. The molecular formula is C13H18N2O4S. The molecular weight excluding hydrogens is 280 g/mol. The van der Waals surface area contributed by atoms with E-state index in [0.29, 0.717) is 18.8 Å². The molecule has 1 aliphatic rings. The summed E-state index contributed by atoms with van der Waals surface area (Å²) in [5, 5.41) is 12.1. The highest BCUT2D eigenvalue weighted by atomic mass is 32.2. The van der Waals surface area contributed by atoms with E-state index in [4.69, 9.17) is 0 Å². The highest BCUT2D eigenvalue weighted by Crippen LogP contribution is 2.25. The van der Waals surface area contributed by atoms with Crippen LogP contribution in [0, 0.1) is 0 Å². The Labute approximate surface area is 118 Å². The van der Waals surface area contributed by atoms with Crippen LogP contribution >= 0.6 is 0 Å². The van der Waals surface area contributed by atoms with Crippen molar-refractivity contribution in [1.82, 2.24) is 4.98 Å². The van der Waals surface area contributed by atoms with Crippen LogP contribution in [0.4, 0.5) is 5.82 Å². The maximum absolute atomic E-state index is 11.2. The molecule has 1 aromatic rings. The van der Waals surface area contributed by atoms with E-state index in [1.807, 2.05) is 0 Å². The molecule has 0 bridgehead atoms. The minimum absolute atomic E-state index is 0.0767. The van der Waals surface area contributed by atoms with Crippen molar-refractivity contribution in [2.24, 2.45) is 0 Å². The number of pyridine rings is 1. The smallest absolute Gasteiger partial charge is 0.339 e. The molecule has 0 saturated heterocycles. The Morgan fingerprint density at radius 3 is 2.85 bits per heavy atom. The topological polar surface area (TPSA) is 96.4 Å². The largest absolute Gasteiger partial charge is 0.478 e. The summed E-state index contributed by atoms with van der Waals surface area (Å²) in [6.07, 6.45) is 4.35. The van der Waals surface area contributed by atoms with E-state index in [0.717, 1.165) is 30.5 Å². The first-order valence-corrected chi connectivity index (χ1v) is 8.60. The fraction of sp³-hybridized carbons (Fsp3) is 0.538. The Morgan fingerprint density at radius 2 is 2.20 bits per heavy atom. The van der Waals surface area contributed by atoms with Crippen LogP contribution in [0.1, 0.15) is 34.5 Å². The third-order valence-corrected chi connectivity index (χ3v) is 4.30. The Balaban J connectivity index is 2.08. The fourth-order valence-corrected chi connectivity index (χ4v) is 2.98. The minimum Gasteiger partial charge on any atom is -0.478 e. The molecule has 1 heterocycles. The number of fused-ring (bicyclic) bond motifs is 1. The third-order valence-electron chi connectivity index (χ3n) is 3.27. The summed E-state index contributed by atoms with van der Waals surface area (Å²) in [4.78, 5) is 15.6. The van der Waals surface area contributed by atoms with Gasteiger partial charge in [-0.25, -0.2) is 18.2 Å². The first-order chi connectivity index (χ1) is 9.37. The summed E-state index contributed by atoms with van der Waals surface area (Å²) in [6, 6.07) is 1.68. The molecule has 0 amide bonds. The second kappa shape index (κ2) is 5.78. The number of hydrogen-bond acceptors (Lipinski definition) is 5. The van der Waals surface area contributed by atoms with E-state index in [1.54, 1.807) is 6.07 Å². The Kier molecular flexibility index (Phi) is 4.27. The van der Waals surface area contributed by atoms with Crippen molar-refractivity contribution in [2.75, 3.05) is 23.9 Å². The SMILES string of the molecule is CS(=O)(=O)CCCNc1nc2c(cc1C(=O)O)CCC2. The second-order valence-electron chi connectivity index (χ2n) is 5.06. The third kappa shape index (κ3) is 3.69. The van der Waals surface area contributed by atoms with Crippen molar-refractivity contribution >= 4 is 21.6 Å². The number of anilines is 1.